The van der Waals surface area contributed by atoms with Gasteiger partial charge >= 0.3 is 0 Å². The van der Waals surface area contributed by atoms with Crippen LogP contribution in [0.3, 0.4) is 0 Å². The third-order valence-electron chi connectivity index (χ3n) is 2.55. The Morgan fingerprint density at radius 3 is 2.76 bits per heavy atom. The molecule has 0 aliphatic carbocycles. The number of nitrogens with two attached hydrogens (primary N) is 2. The van der Waals surface area contributed by atoms with Crippen molar-refractivity contribution in [2.24, 2.45) is 11.5 Å². The van der Waals surface area contributed by atoms with Crippen LogP contribution in [0, 0.1) is 0 Å². The van der Waals surface area contributed by atoms with E-state index >= 15 is 0 Å². The quantitative estimate of drug-likeness (QED) is 0.817. The second kappa shape index (κ2) is 6.47. The van der Waals surface area contributed by atoms with E-state index in [2.05, 4.69) is 0 Å². The molecule has 0 aliphatic rings. The number of hydrogen-bond donors (Lipinski definition) is 2. The van der Waals surface area contributed by atoms with E-state index in [0.29, 0.717) is 30.0 Å². The second-order valence-electron chi connectivity index (χ2n) is 3.85. The van der Waals surface area contributed by atoms with Crippen LogP contribution in [0.1, 0.15) is 30.9 Å². The number of carbonyl (C=O) groups excluding carboxylic acids is 1. The molecule has 0 saturated heterocycles. The Kier molecular flexibility index (Phi) is 5.25. The highest BCUT2D eigenvalue weighted by Crippen LogP contribution is 2.28. The zero-order valence-corrected chi connectivity index (χ0v) is 10.5. The first-order chi connectivity index (χ1) is 8.04. The van der Waals surface area contributed by atoms with Crippen molar-refractivity contribution >= 4 is 17.5 Å². The number of rotatable bonds is 6. The average molecular weight is 257 g/mol. The molecular weight excluding hydrogens is 240 g/mol. The first kappa shape index (κ1) is 13.8. The molecule has 1 amide bonds. The van der Waals surface area contributed by atoms with Gasteiger partial charge < -0.3 is 16.2 Å². The van der Waals surface area contributed by atoms with E-state index in [9.17, 15) is 4.79 Å². The molecule has 4 N–H and O–H groups in total. The van der Waals surface area contributed by atoms with E-state index in [4.69, 9.17) is 27.8 Å². The SMILES string of the molecule is COc1ccc(C(N)CCCC(N)=O)c(Cl)c1. The molecule has 17 heavy (non-hydrogen) atoms. The highest BCUT2D eigenvalue weighted by atomic mass is 35.5. The summed E-state index contributed by atoms with van der Waals surface area (Å²) in [5.74, 6) is 0.390. The summed E-state index contributed by atoms with van der Waals surface area (Å²) in [5, 5.41) is 0.580. The number of hydrogen-bond acceptors (Lipinski definition) is 3. The Hall–Kier alpha value is -1.26. The minimum absolute atomic E-state index is 0.187. The molecule has 94 valence electrons. The van der Waals surface area contributed by atoms with Gasteiger partial charge in [0.15, 0.2) is 0 Å². The Morgan fingerprint density at radius 2 is 2.24 bits per heavy atom. The van der Waals surface area contributed by atoms with Crippen LogP contribution in [-0.2, 0) is 4.79 Å². The van der Waals surface area contributed by atoms with Crippen molar-refractivity contribution in [2.75, 3.05) is 7.11 Å². The van der Waals surface area contributed by atoms with Crippen molar-refractivity contribution in [3.8, 4) is 5.75 Å². The molecule has 0 fully saturated rings. The molecule has 0 bridgehead atoms. The summed E-state index contributed by atoms with van der Waals surface area (Å²) in [6.07, 6.45) is 1.69. The van der Waals surface area contributed by atoms with Gasteiger partial charge in [-0.3, -0.25) is 4.79 Å². The Bertz CT molecular complexity index is 396. The van der Waals surface area contributed by atoms with Crippen LogP contribution in [0.5, 0.6) is 5.75 Å². The Labute approximate surface area is 106 Å². The Morgan fingerprint density at radius 1 is 1.53 bits per heavy atom. The van der Waals surface area contributed by atoms with E-state index in [1.807, 2.05) is 12.1 Å². The van der Waals surface area contributed by atoms with E-state index in [-0.39, 0.29) is 11.9 Å². The van der Waals surface area contributed by atoms with Crippen LogP contribution in [0.25, 0.3) is 0 Å². The maximum Gasteiger partial charge on any atom is 0.217 e. The minimum atomic E-state index is -0.307. The highest BCUT2D eigenvalue weighted by Gasteiger charge is 2.11. The normalized spacial score (nSPS) is 12.2. The predicted octanol–water partition coefficient (Wildman–Crippen LogP) is 2.00. The molecule has 1 rings (SSSR count). The lowest BCUT2D eigenvalue weighted by Crippen LogP contribution is -2.14. The minimum Gasteiger partial charge on any atom is -0.497 e. The van der Waals surface area contributed by atoms with Gasteiger partial charge in [-0.25, -0.2) is 0 Å². The summed E-state index contributed by atoms with van der Waals surface area (Å²) in [7, 11) is 1.58. The van der Waals surface area contributed by atoms with Crippen molar-refractivity contribution in [3.05, 3.63) is 28.8 Å². The Balaban J connectivity index is 2.62. The van der Waals surface area contributed by atoms with Gasteiger partial charge in [0.05, 0.1) is 7.11 Å². The number of methoxy groups -OCH3 is 1. The molecule has 1 aromatic carbocycles. The van der Waals surface area contributed by atoms with Gasteiger partial charge in [0.25, 0.3) is 0 Å². The van der Waals surface area contributed by atoms with Crippen molar-refractivity contribution < 1.29 is 9.53 Å². The van der Waals surface area contributed by atoms with E-state index < -0.39 is 0 Å². The average Bonchev–Trinajstić information content (AvgIpc) is 2.28. The molecule has 5 heteroatoms. The highest BCUT2D eigenvalue weighted by molar-refractivity contribution is 6.31. The standard InChI is InChI=1S/C12H17ClN2O2/c1-17-8-5-6-9(10(13)7-8)11(14)3-2-4-12(15)16/h5-7,11H,2-4,14H2,1H3,(H2,15,16). The summed E-state index contributed by atoms with van der Waals surface area (Å²) in [6.45, 7) is 0. The molecule has 0 aliphatic heterocycles. The predicted molar refractivity (Wildman–Crippen MR) is 68.0 cm³/mol. The number of amides is 1. The molecule has 0 spiro atoms. The molecular formula is C12H17ClN2O2. The summed E-state index contributed by atoms with van der Waals surface area (Å²) in [5.41, 5.74) is 11.9. The van der Waals surface area contributed by atoms with Crippen molar-refractivity contribution in [1.82, 2.24) is 0 Å². The maximum absolute atomic E-state index is 10.6. The van der Waals surface area contributed by atoms with Gasteiger partial charge in [-0.2, -0.15) is 0 Å². The van der Waals surface area contributed by atoms with Crippen LogP contribution >= 0.6 is 11.6 Å². The van der Waals surface area contributed by atoms with Crippen molar-refractivity contribution in [2.45, 2.75) is 25.3 Å². The van der Waals surface area contributed by atoms with Gasteiger partial charge in [-0.1, -0.05) is 17.7 Å². The summed E-state index contributed by atoms with van der Waals surface area (Å²) >= 11 is 6.09. The summed E-state index contributed by atoms with van der Waals surface area (Å²) in [4.78, 5) is 10.6. The van der Waals surface area contributed by atoms with Gasteiger partial charge in [-0.05, 0) is 30.5 Å². The monoisotopic (exact) mass is 256 g/mol. The largest absolute Gasteiger partial charge is 0.497 e. The van der Waals surface area contributed by atoms with Crippen molar-refractivity contribution in [1.29, 1.82) is 0 Å². The second-order valence-corrected chi connectivity index (χ2v) is 4.26. The molecule has 0 aromatic heterocycles. The van der Waals surface area contributed by atoms with Crippen LogP contribution in [0.15, 0.2) is 18.2 Å². The van der Waals surface area contributed by atoms with Gasteiger partial charge in [0.2, 0.25) is 5.91 Å². The lowest BCUT2D eigenvalue weighted by molar-refractivity contribution is -0.118. The van der Waals surface area contributed by atoms with Crippen LogP contribution < -0.4 is 16.2 Å². The molecule has 1 aromatic rings. The molecule has 0 saturated carbocycles. The molecule has 4 nitrogen and oxygen atoms in total. The molecule has 1 atom stereocenters. The summed E-state index contributed by atoms with van der Waals surface area (Å²) < 4.78 is 5.06. The number of carbonyl (C=O) groups is 1. The maximum atomic E-state index is 10.6. The van der Waals surface area contributed by atoms with Crippen LogP contribution in [0.4, 0.5) is 0 Å². The van der Waals surface area contributed by atoms with Gasteiger partial charge in [0, 0.05) is 17.5 Å². The third-order valence-corrected chi connectivity index (χ3v) is 2.87. The topological polar surface area (TPSA) is 78.3 Å². The van der Waals surface area contributed by atoms with Gasteiger partial charge in [-0.15, -0.1) is 0 Å². The number of primary amides is 1. The number of halogens is 1. The van der Waals surface area contributed by atoms with E-state index in [1.54, 1.807) is 13.2 Å². The van der Waals surface area contributed by atoms with E-state index in [1.165, 1.54) is 0 Å². The fraction of sp³-hybridized carbons (Fsp3) is 0.417. The fourth-order valence-corrected chi connectivity index (χ4v) is 1.90. The smallest absolute Gasteiger partial charge is 0.217 e. The van der Waals surface area contributed by atoms with E-state index in [0.717, 1.165) is 5.56 Å². The first-order valence-electron chi connectivity index (χ1n) is 5.42. The first-order valence-corrected chi connectivity index (χ1v) is 5.79. The molecule has 0 heterocycles. The zero-order chi connectivity index (χ0) is 12.8. The zero-order valence-electron chi connectivity index (χ0n) is 9.78. The van der Waals surface area contributed by atoms with Crippen LogP contribution in [-0.4, -0.2) is 13.0 Å². The summed E-state index contributed by atoms with van der Waals surface area (Å²) in [6, 6.07) is 5.20. The molecule has 0 radical (unpaired) electrons. The van der Waals surface area contributed by atoms with Gasteiger partial charge in [0.1, 0.15) is 5.75 Å². The number of ether oxygens (including phenoxy) is 1. The number of benzene rings is 1. The third kappa shape index (κ3) is 4.24. The van der Waals surface area contributed by atoms with Crippen molar-refractivity contribution in [3.63, 3.8) is 0 Å². The lowest BCUT2D eigenvalue weighted by atomic mass is 10.0. The van der Waals surface area contributed by atoms with Crippen LogP contribution in [0.2, 0.25) is 5.02 Å². The fourth-order valence-electron chi connectivity index (χ4n) is 1.59. The lowest BCUT2D eigenvalue weighted by Gasteiger charge is -2.14. The molecule has 1 unspecified atom stereocenters.